The van der Waals surface area contributed by atoms with Crippen LogP contribution >= 0.6 is 0 Å². The molecule has 0 atom stereocenters. The molecule has 1 aromatic rings. The van der Waals surface area contributed by atoms with Crippen molar-refractivity contribution in [2.24, 2.45) is 0 Å². The lowest BCUT2D eigenvalue weighted by molar-refractivity contribution is 0.961. The third kappa shape index (κ3) is 5.53. The molecule has 0 heteroatoms. The number of allylic oxidation sites excluding steroid dienone is 2. The van der Waals surface area contributed by atoms with Gasteiger partial charge in [0.2, 0.25) is 0 Å². The Labute approximate surface area is 115 Å². The highest BCUT2D eigenvalue weighted by Gasteiger charge is 2.09. The normalized spacial score (nSPS) is 11.2. The maximum atomic E-state index is 2.34. The highest BCUT2D eigenvalue weighted by Crippen LogP contribution is 2.27. The van der Waals surface area contributed by atoms with Gasteiger partial charge < -0.3 is 0 Å². The van der Waals surface area contributed by atoms with Crippen LogP contribution in [-0.4, -0.2) is 0 Å². The summed E-state index contributed by atoms with van der Waals surface area (Å²) < 4.78 is 0. The third-order valence-electron chi connectivity index (χ3n) is 2.68. The Morgan fingerprint density at radius 2 is 1.39 bits per heavy atom. The van der Waals surface area contributed by atoms with Crippen LogP contribution in [0.25, 0.3) is 5.57 Å². The van der Waals surface area contributed by atoms with Gasteiger partial charge in [0.25, 0.3) is 0 Å². The Balaban J connectivity index is 0. The van der Waals surface area contributed by atoms with Gasteiger partial charge in [-0.1, -0.05) is 65.8 Å². The first-order valence-corrected chi connectivity index (χ1v) is 7.54. The first-order valence-electron chi connectivity index (χ1n) is 7.54. The molecule has 0 heterocycles. The van der Waals surface area contributed by atoms with Crippen LogP contribution in [0.5, 0.6) is 0 Å². The van der Waals surface area contributed by atoms with Crippen molar-refractivity contribution >= 4 is 5.57 Å². The summed E-state index contributed by atoms with van der Waals surface area (Å²) in [6.07, 6.45) is 4.77. The molecule has 0 aliphatic heterocycles. The fourth-order valence-corrected chi connectivity index (χ4v) is 1.95. The second kappa shape index (κ2) is 12.4. The maximum Gasteiger partial charge on any atom is -0.0196 e. The zero-order valence-corrected chi connectivity index (χ0v) is 13.7. The Morgan fingerprint density at radius 3 is 1.89 bits per heavy atom. The summed E-state index contributed by atoms with van der Waals surface area (Å²) in [7, 11) is 0. The molecule has 0 amide bonds. The molecule has 0 N–H and O–H groups in total. The van der Waals surface area contributed by atoms with Gasteiger partial charge in [0.05, 0.1) is 0 Å². The molecule has 0 nitrogen and oxygen atoms in total. The third-order valence-corrected chi connectivity index (χ3v) is 2.68. The van der Waals surface area contributed by atoms with Crippen LogP contribution in [0, 0.1) is 6.92 Å². The van der Waals surface area contributed by atoms with Crippen molar-refractivity contribution in [2.75, 3.05) is 0 Å². The quantitative estimate of drug-likeness (QED) is 0.496. The standard InChI is InChI=1S/C12H14.3C2H6/c1-9-5-3-8-12-10(2)6-4-7-11(9)12;3*1-2/h3,5-6,8H,4,7H2,1-2H3;3*1-2H3. The summed E-state index contributed by atoms with van der Waals surface area (Å²) in [5, 5.41) is 0. The minimum Gasteiger partial charge on any atom is -0.0807 e. The Hall–Kier alpha value is -1.04. The van der Waals surface area contributed by atoms with E-state index in [0.717, 1.165) is 0 Å². The molecule has 0 radical (unpaired) electrons. The smallest absolute Gasteiger partial charge is 0.0196 e. The predicted octanol–water partition coefficient (Wildman–Crippen LogP) is 6.42. The van der Waals surface area contributed by atoms with Gasteiger partial charge in [0.15, 0.2) is 0 Å². The van der Waals surface area contributed by atoms with E-state index in [1.165, 1.54) is 29.5 Å². The average molecular weight is 248 g/mol. The number of aryl methyl sites for hydroxylation is 1. The van der Waals surface area contributed by atoms with Gasteiger partial charge in [0, 0.05) is 0 Å². The minimum absolute atomic E-state index is 1.21. The second-order valence-corrected chi connectivity index (χ2v) is 3.53. The average Bonchev–Trinajstić information content (AvgIpc) is 2.47. The molecule has 0 bridgehead atoms. The van der Waals surface area contributed by atoms with Gasteiger partial charge in [-0.25, -0.2) is 0 Å². The summed E-state index contributed by atoms with van der Waals surface area (Å²) in [6, 6.07) is 6.58. The zero-order valence-electron chi connectivity index (χ0n) is 13.7. The zero-order chi connectivity index (χ0) is 14.6. The molecule has 18 heavy (non-hydrogen) atoms. The van der Waals surface area contributed by atoms with E-state index in [2.05, 4.69) is 38.1 Å². The van der Waals surface area contributed by atoms with Crippen LogP contribution in [-0.2, 0) is 6.42 Å². The Morgan fingerprint density at radius 1 is 0.833 bits per heavy atom. The minimum atomic E-state index is 1.21. The SMILES string of the molecule is CC.CC.CC.CC1=CCCc2c(C)cccc21. The monoisotopic (exact) mass is 248 g/mol. The van der Waals surface area contributed by atoms with E-state index in [9.17, 15) is 0 Å². The Bertz CT molecular complexity index is 332. The molecular formula is C18H32. The lowest BCUT2D eigenvalue weighted by atomic mass is 9.89. The molecule has 0 fully saturated rings. The van der Waals surface area contributed by atoms with Crippen molar-refractivity contribution in [2.45, 2.75) is 68.2 Å². The molecule has 1 aliphatic carbocycles. The highest BCUT2D eigenvalue weighted by molar-refractivity contribution is 5.69. The molecule has 0 aromatic heterocycles. The van der Waals surface area contributed by atoms with Gasteiger partial charge in [-0.3, -0.25) is 0 Å². The van der Waals surface area contributed by atoms with Gasteiger partial charge in [0.1, 0.15) is 0 Å². The molecule has 1 aromatic carbocycles. The first kappa shape index (κ1) is 19.3. The summed E-state index contributed by atoms with van der Waals surface area (Å²) in [4.78, 5) is 0. The van der Waals surface area contributed by atoms with E-state index in [1.807, 2.05) is 41.5 Å². The summed E-state index contributed by atoms with van der Waals surface area (Å²) >= 11 is 0. The molecule has 0 unspecified atom stereocenters. The summed E-state index contributed by atoms with van der Waals surface area (Å²) in [5.41, 5.74) is 5.90. The van der Waals surface area contributed by atoms with Crippen LogP contribution in [0.4, 0.5) is 0 Å². The van der Waals surface area contributed by atoms with E-state index in [-0.39, 0.29) is 0 Å². The van der Waals surface area contributed by atoms with Crippen LogP contribution in [0.15, 0.2) is 24.3 Å². The van der Waals surface area contributed by atoms with Crippen molar-refractivity contribution in [1.29, 1.82) is 0 Å². The molecule has 1 aliphatic rings. The van der Waals surface area contributed by atoms with E-state index in [4.69, 9.17) is 0 Å². The van der Waals surface area contributed by atoms with Crippen LogP contribution < -0.4 is 0 Å². The van der Waals surface area contributed by atoms with Crippen molar-refractivity contribution in [3.8, 4) is 0 Å². The van der Waals surface area contributed by atoms with Gasteiger partial charge in [-0.15, -0.1) is 0 Å². The molecular weight excluding hydrogens is 216 g/mol. The van der Waals surface area contributed by atoms with Crippen molar-refractivity contribution in [3.63, 3.8) is 0 Å². The van der Waals surface area contributed by atoms with E-state index in [0.29, 0.717) is 0 Å². The number of rotatable bonds is 0. The van der Waals surface area contributed by atoms with Crippen LogP contribution in [0.1, 0.15) is 71.6 Å². The molecule has 0 saturated carbocycles. The fourth-order valence-electron chi connectivity index (χ4n) is 1.95. The molecule has 0 spiro atoms. The van der Waals surface area contributed by atoms with Gasteiger partial charge in [-0.2, -0.15) is 0 Å². The largest absolute Gasteiger partial charge is 0.0807 e. The van der Waals surface area contributed by atoms with Gasteiger partial charge in [-0.05, 0) is 49.0 Å². The first-order chi connectivity index (χ1) is 8.79. The second-order valence-electron chi connectivity index (χ2n) is 3.53. The van der Waals surface area contributed by atoms with Crippen molar-refractivity contribution in [1.82, 2.24) is 0 Å². The molecule has 104 valence electrons. The van der Waals surface area contributed by atoms with Crippen molar-refractivity contribution < 1.29 is 0 Å². The lowest BCUT2D eigenvalue weighted by Crippen LogP contribution is -1.99. The highest BCUT2D eigenvalue weighted by atomic mass is 14.1. The number of benzene rings is 1. The van der Waals surface area contributed by atoms with E-state index >= 15 is 0 Å². The lowest BCUT2D eigenvalue weighted by Gasteiger charge is -2.16. The fraction of sp³-hybridized carbons (Fsp3) is 0.556. The number of hydrogen-bond acceptors (Lipinski definition) is 0. The molecule has 0 saturated heterocycles. The topological polar surface area (TPSA) is 0 Å². The van der Waals surface area contributed by atoms with E-state index < -0.39 is 0 Å². The molecule has 2 rings (SSSR count). The number of fused-ring (bicyclic) bond motifs is 1. The van der Waals surface area contributed by atoms with Crippen molar-refractivity contribution in [3.05, 3.63) is 41.0 Å². The van der Waals surface area contributed by atoms with Gasteiger partial charge >= 0.3 is 0 Å². The summed E-state index contributed by atoms with van der Waals surface area (Å²) in [5.74, 6) is 0. The van der Waals surface area contributed by atoms with Crippen LogP contribution in [0.2, 0.25) is 0 Å². The Kier molecular flexibility index (Phi) is 13.3. The van der Waals surface area contributed by atoms with Crippen LogP contribution in [0.3, 0.4) is 0 Å². The summed E-state index contributed by atoms with van der Waals surface area (Å²) in [6.45, 7) is 16.4. The maximum absolute atomic E-state index is 2.34. The van der Waals surface area contributed by atoms with E-state index in [1.54, 1.807) is 5.56 Å². The predicted molar refractivity (Wildman–Crippen MR) is 87.2 cm³/mol. The number of hydrogen-bond donors (Lipinski definition) is 0.